The van der Waals surface area contributed by atoms with E-state index in [9.17, 15) is 9.18 Å². The van der Waals surface area contributed by atoms with Crippen LogP contribution >= 0.6 is 15.9 Å². The number of amides is 1. The first kappa shape index (κ1) is 18.5. The van der Waals surface area contributed by atoms with Crippen molar-refractivity contribution in [1.82, 2.24) is 0 Å². The first-order valence-electron chi connectivity index (χ1n) is 7.94. The van der Waals surface area contributed by atoms with Gasteiger partial charge in [0.2, 0.25) is 5.91 Å². The Morgan fingerprint density at radius 1 is 1.25 bits per heavy atom. The average Bonchev–Trinajstić information content (AvgIpc) is 2.54. The summed E-state index contributed by atoms with van der Waals surface area (Å²) in [5.41, 5.74) is 1.44. The van der Waals surface area contributed by atoms with Gasteiger partial charge in [-0.2, -0.15) is 0 Å². The quantitative estimate of drug-likeness (QED) is 0.629. The third kappa shape index (κ3) is 5.34. The zero-order valence-corrected chi connectivity index (χ0v) is 15.4. The van der Waals surface area contributed by atoms with E-state index in [1.807, 2.05) is 18.2 Å². The number of rotatable bonds is 7. The molecular weight excluding hydrogens is 373 g/mol. The van der Waals surface area contributed by atoms with Crippen molar-refractivity contribution in [2.24, 2.45) is 0 Å². The second kappa shape index (κ2) is 8.83. The normalized spacial score (nSPS) is 10.7. The van der Waals surface area contributed by atoms with Crippen molar-refractivity contribution in [3.05, 3.63) is 58.3 Å². The summed E-state index contributed by atoms with van der Waals surface area (Å²) in [7, 11) is 0. The minimum atomic E-state index is -0.434. The third-order valence-electron chi connectivity index (χ3n) is 3.58. The van der Waals surface area contributed by atoms with E-state index in [2.05, 4.69) is 35.1 Å². The molecule has 2 aromatic carbocycles. The average molecular weight is 394 g/mol. The Bertz CT molecular complexity index is 704. The van der Waals surface area contributed by atoms with Gasteiger partial charge < -0.3 is 10.1 Å². The van der Waals surface area contributed by atoms with E-state index in [-0.39, 0.29) is 18.0 Å². The third-order valence-corrected chi connectivity index (χ3v) is 4.20. The van der Waals surface area contributed by atoms with E-state index in [0.717, 1.165) is 10.2 Å². The van der Waals surface area contributed by atoms with Crippen molar-refractivity contribution in [2.75, 3.05) is 11.9 Å². The van der Waals surface area contributed by atoms with E-state index in [4.69, 9.17) is 4.74 Å². The van der Waals surface area contributed by atoms with Crippen LogP contribution in [0.4, 0.5) is 10.1 Å². The molecule has 5 heteroatoms. The van der Waals surface area contributed by atoms with Gasteiger partial charge in [-0.3, -0.25) is 4.79 Å². The summed E-state index contributed by atoms with van der Waals surface area (Å²) in [6.07, 6.45) is 0.828. The molecule has 0 aliphatic heterocycles. The Morgan fingerprint density at radius 2 is 2.00 bits per heavy atom. The van der Waals surface area contributed by atoms with Crippen LogP contribution in [0.25, 0.3) is 0 Å². The van der Waals surface area contributed by atoms with Crippen LogP contribution in [-0.2, 0) is 4.79 Å². The van der Waals surface area contributed by atoms with Gasteiger partial charge >= 0.3 is 0 Å². The van der Waals surface area contributed by atoms with Gasteiger partial charge in [-0.25, -0.2) is 4.39 Å². The standard InChI is InChI=1S/C19H21BrFNO2/c1-13(2)14-9-10-18(15(20)12-14)24-11-5-8-19(23)22-17-7-4-3-6-16(17)21/h3-4,6-7,9-10,12-13H,5,8,11H2,1-2H3,(H,22,23). The van der Waals surface area contributed by atoms with Crippen molar-refractivity contribution in [2.45, 2.75) is 32.6 Å². The largest absolute Gasteiger partial charge is 0.492 e. The molecule has 2 aromatic rings. The van der Waals surface area contributed by atoms with Gasteiger partial charge in [0.05, 0.1) is 16.8 Å². The van der Waals surface area contributed by atoms with Crippen LogP contribution < -0.4 is 10.1 Å². The van der Waals surface area contributed by atoms with Gasteiger partial charge in [0.1, 0.15) is 11.6 Å². The Balaban J connectivity index is 1.77. The molecule has 128 valence electrons. The number of carbonyl (C=O) groups excluding carboxylic acids is 1. The molecule has 24 heavy (non-hydrogen) atoms. The van der Waals surface area contributed by atoms with Crippen LogP contribution in [0.1, 0.15) is 38.2 Å². The smallest absolute Gasteiger partial charge is 0.224 e. The number of nitrogens with one attached hydrogen (secondary N) is 1. The first-order chi connectivity index (χ1) is 11.5. The lowest BCUT2D eigenvalue weighted by molar-refractivity contribution is -0.116. The number of anilines is 1. The molecule has 3 nitrogen and oxygen atoms in total. The van der Waals surface area contributed by atoms with Crippen LogP contribution in [0.5, 0.6) is 5.75 Å². The van der Waals surface area contributed by atoms with Gasteiger partial charge in [0.15, 0.2) is 0 Å². The molecule has 1 amide bonds. The molecule has 2 rings (SSSR count). The van der Waals surface area contributed by atoms with Crippen molar-refractivity contribution in [3.63, 3.8) is 0 Å². The lowest BCUT2D eigenvalue weighted by atomic mass is 10.0. The second-order valence-corrected chi connectivity index (χ2v) is 6.68. The second-order valence-electron chi connectivity index (χ2n) is 5.82. The Labute approximate surface area is 150 Å². The summed E-state index contributed by atoms with van der Waals surface area (Å²) in [6.45, 7) is 4.69. The fourth-order valence-corrected chi connectivity index (χ4v) is 2.69. The number of benzene rings is 2. The molecule has 0 bridgehead atoms. The predicted octanol–water partition coefficient (Wildman–Crippen LogP) is 5.51. The lowest BCUT2D eigenvalue weighted by Gasteiger charge is -2.11. The lowest BCUT2D eigenvalue weighted by Crippen LogP contribution is -2.13. The highest BCUT2D eigenvalue weighted by atomic mass is 79.9. The van der Waals surface area contributed by atoms with Crippen molar-refractivity contribution >= 4 is 27.5 Å². The van der Waals surface area contributed by atoms with Gasteiger partial charge in [0, 0.05) is 6.42 Å². The highest BCUT2D eigenvalue weighted by Crippen LogP contribution is 2.29. The number of para-hydroxylation sites is 1. The van der Waals surface area contributed by atoms with E-state index in [1.165, 1.54) is 17.7 Å². The SMILES string of the molecule is CC(C)c1ccc(OCCCC(=O)Nc2ccccc2F)c(Br)c1. The zero-order valence-electron chi connectivity index (χ0n) is 13.8. The molecule has 0 aromatic heterocycles. The monoisotopic (exact) mass is 393 g/mol. The molecule has 0 unspecified atom stereocenters. The number of ether oxygens (including phenoxy) is 1. The minimum absolute atomic E-state index is 0.204. The molecule has 0 spiro atoms. The van der Waals surface area contributed by atoms with Crippen LogP contribution in [0, 0.1) is 5.82 Å². The summed E-state index contributed by atoms with van der Waals surface area (Å²) >= 11 is 3.50. The van der Waals surface area contributed by atoms with Crippen LogP contribution in [-0.4, -0.2) is 12.5 Å². The summed E-state index contributed by atoms with van der Waals surface area (Å²) in [5.74, 6) is 0.556. The first-order valence-corrected chi connectivity index (χ1v) is 8.73. The van der Waals surface area contributed by atoms with Gasteiger partial charge in [-0.15, -0.1) is 0 Å². The van der Waals surface area contributed by atoms with E-state index in [0.29, 0.717) is 18.9 Å². The molecule has 0 atom stereocenters. The maximum absolute atomic E-state index is 13.4. The molecule has 0 saturated heterocycles. The number of carbonyl (C=O) groups is 1. The Hall–Kier alpha value is -1.88. The van der Waals surface area contributed by atoms with Crippen molar-refractivity contribution in [1.29, 1.82) is 0 Å². The summed E-state index contributed by atoms with van der Waals surface area (Å²) in [4.78, 5) is 11.8. The molecule has 0 aliphatic rings. The Morgan fingerprint density at radius 3 is 2.67 bits per heavy atom. The summed E-state index contributed by atoms with van der Waals surface area (Å²) in [5, 5.41) is 2.56. The number of hydrogen-bond donors (Lipinski definition) is 1. The maximum Gasteiger partial charge on any atom is 0.224 e. The maximum atomic E-state index is 13.4. The minimum Gasteiger partial charge on any atom is -0.492 e. The van der Waals surface area contributed by atoms with Crippen molar-refractivity contribution in [3.8, 4) is 5.75 Å². The molecule has 0 saturated carbocycles. The van der Waals surface area contributed by atoms with E-state index >= 15 is 0 Å². The number of hydrogen-bond acceptors (Lipinski definition) is 2. The summed E-state index contributed by atoms with van der Waals surface area (Å²) in [6, 6.07) is 12.1. The highest BCUT2D eigenvalue weighted by Gasteiger charge is 2.08. The van der Waals surface area contributed by atoms with Crippen molar-refractivity contribution < 1.29 is 13.9 Å². The molecule has 0 radical (unpaired) electrons. The zero-order chi connectivity index (χ0) is 17.5. The van der Waals surface area contributed by atoms with Gasteiger partial charge in [-0.05, 0) is 58.1 Å². The van der Waals surface area contributed by atoms with Crippen LogP contribution in [0.3, 0.4) is 0 Å². The predicted molar refractivity (Wildman–Crippen MR) is 98.0 cm³/mol. The molecule has 0 aliphatic carbocycles. The Kier molecular flexibility index (Phi) is 6.79. The number of halogens is 2. The topological polar surface area (TPSA) is 38.3 Å². The molecule has 0 fully saturated rings. The highest BCUT2D eigenvalue weighted by molar-refractivity contribution is 9.10. The van der Waals surface area contributed by atoms with Gasteiger partial charge in [-0.1, -0.05) is 32.0 Å². The fourth-order valence-electron chi connectivity index (χ4n) is 2.18. The fraction of sp³-hybridized carbons (Fsp3) is 0.316. The van der Waals surface area contributed by atoms with Gasteiger partial charge in [0.25, 0.3) is 0 Å². The molecule has 1 N–H and O–H groups in total. The molecule has 0 heterocycles. The van der Waals surface area contributed by atoms with Crippen LogP contribution in [0.15, 0.2) is 46.9 Å². The van der Waals surface area contributed by atoms with E-state index < -0.39 is 5.82 Å². The van der Waals surface area contributed by atoms with E-state index in [1.54, 1.807) is 12.1 Å². The molecular formula is C19H21BrFNO2. The van der Waals surface area contributed by atoms with Crippen LogP contribution in [0.2, 0.25) is 0 Å². The summed E-state index contributed by atoms with van der Waals surface area (Å²) < 4.78 is 20.1.